The summed E-state index contributed by atoms with van der Waals surface area (Å²) in [6, 6.07) is 0.443. The summed E-state index contributed by atoms with van der Waals surface area (Å²) in [5, 5.41) is 0. The van der Waals surface area contributed by atoms with Crippen molar-refractivity contribution in [1.29, 1.82) is 0 Å². The first-order valence-electron chi connectivity index (χ1n) is 5.25. The van der Waals surface area contributed by atoms with Crippen molar-refractivity contribution in [2.75, 3.05) is 6.61 Å². The van der Waals surface area contributed by atoms with Crippen LogP contribution in [0.15, 0.2) is 12.3 Å². The Balaban J connectivity index is 3.09. The lowest BCUT2D eigenvalue weighted by molar-refractivity contribution is -0.143. The molecule has 0 unspecified atom stereocenters. The van der Waals surface area contributed by atoms with Gasteiger partial charge in [0.15, 0.2) is 0 Å². The topological polar surface area (TPSA) is 39.2 Å². The fraction of sp³-hybridized carbons (Fsp3) is 0.455. The molecule has 0 fully saturated rings. The molecule has 1 rings (SSSR count). The summed E-state index contributed by atoms with van der Waals surface area (Å²) < 4.78 is 67.2. The molecule has 0 spiro atoms. The Hall–Kier alpha value is -1.73. The second-order valence-corrected chi connectivity index (χ2v) is 3.54. The van der Waals surface area contributed by atoms with Crippen LogP contribution in [0.4, 0.5) is 22.0 Å². The number of nitrogens with zero attached hydrogens (tertiary/aromatic N) is 1. The van der Waals surface area contributed by atoms with Gasteiger partial charge in [-0.05, 0) is 13.0 Å². The molecule has 1 aromatic rings. The number of pyridine rings is 1. The van der Waals surface area contributed by atoms with Gasteiger partial charge in [0.2, 0.25) is 0 Å². The van der Waals surface area contributed by atoms with E-state index in [9.17, 15) is 26.7 Å². The summed E-state index contributed by atoms with van der Waals surface area (Å²) in [6.45, 7) is 1.60. The van der Waals surface area contributed by atoms with Gasteiger partial charge in [0, 0.05) is 11.8 Å². The molecule has 3 nitrogen and oxygen atoms in total. The van der Waals surface area contributed by atoms with Crippen LogP contribution in [0.3, 0.4) is 0 Å². The largest absolute Gasteiger partial charge is 0.466 e. The van der Waals surface area contributed by atoms with Crippen molar-refractivity contribution in [3.8, 4) is 0 Å². The summed E-state index contributed by atoms with van der Waals surface area (Å²) in [7, 11) is 0. The molecule has 0 radical (unpaired) electrons. The zero-order chi connectivity index (χ0) is 14.6. The predicted octanol–water partition coefficient (Wildman–Crippen LogP) is 3.14. The number of carbonyl (C=O) groups is 1. The molecular formula is C11H10F5NO2. The summed E-state index contributed by atoms with van der Waals surface area (Å²) in [6.07, 6.45) is -8.29. The molecule has 0 atom stereocenters. The lowest BCUT2D eigenvalue weighted by Gasteiger charge is -2.13. The highest BCUT2D eigenvalue weighted by Gasteiger charge is 2.36. The van der Waals surface area contributed by atoms with Crippen LogP contribution in [-0.2, 0) is 22.1 Å². The molecule has 0 aromatic carbocycles. The van der Waals surface area contributed by atoms with E-state index in [-0.39, 0.29) is 12.3 Å². The van der Waals surface area contributed by atoms with Gasteiger partial charge in [0.05, 0.1) is 24.3 Å². The van der Waals surface area contributed by atoms with E-state index in [0.717, 1.165) is 0 Å². The number of ether oxygens (including phenoxy) is 1. The van der Waals surface area contributed by atoms with Crippen LogP contribution in [0, 0.1) is 0 Å². The number of halogens is 5. The van der Waals surface area contributed by atoms with Gasteiger partial charge in [0.1, 0.15) is 0 Å². The van der Waals surface area contributed by atoms with E-state index in [1.807, 2.05) is 0 Å². The van der Waals surface area contributed by atoms with Crippen LogP contribution in [0.25, 0.3) is 0 Å². The van der Waals surface area contributed by atoms with Gasteiger partial charge in [-0.1, -0.05) is 0 Å². The van der Waals surface area contributed by atoms with E-state index in [4.69, 9.17) is 0 Å². The van der Waals surface area contributed by atoms with E-state index in [0.29, 0.717) is 12.3 Å². The summed E-state index contributed by atoms with van der Waals surface area (Å²) in [5.41, 5.74) is -2.97. The zero-order valence-electron chi connectivity index (χ0n) is 9.80. The molecule has 8 heteroatoms. The van der Waals surface area contributed by atoms with Gasteiger partial charge in [-0.15, -0.1) is 0 Å². The van der Waals surface area contributed by atoms with Crippen LogP contribution in [-0.4, -0.2) is 17.6 Å². The lowest BCUT2D eigenvalue weighted by atomic mass is 10.1. The number of aromatic nitrogens is 1. The maximum atomic E-state index is 12.6. The third kappa shape index (κ3) is 4.15. The van der Waals surface area contributed by atoms with Crippen molar-refractivity contribution in [3.63, 3.8) is 0 Å². The molecule has 0 amide bonds. The second-order valence-electron chi connectivity index (χ2n) is 3.54. The third-order valence-corrected chi connectivity index (χ3v) is 2.16. The zero-order valence-corrected chi connectivity index (χ0v) is 9.80. The molecule has 106 valence electrons. The number of esters is 1. The normalized spacial score (nSPS) is 11.7. The Morgan fingerprint density at radius 2 is 2.05 bits per heavy atom. The smallest absolute Gasteiger partial charge is 0.417 e. The van der Waals surface area contributed by atoms with E-state index in [1.165, 1.54) is 6.92 Å². The van der Waals surface area contributed by atoms with Gasteiger partial charge in [-0.3, -0.25) is 9.78 Å². The number of rotatable bonds is 4. The van der Waals surface area contributed by atoms with E-state index in [2.05, 4.69) is 9.72 Å². The van der Waals surface area contributed by atoms with Gasteiger partial charge >= 0.3 is 12.1 Å². The molecule has 1 heterocycles. The summed E-state index contributed by atoms with van der Waals surface area (Å²) in [4.78, 5) is 14.5. The molecule has 0 aliphatic heterocycles. The fourth-order valence-electron chi connectivity index (χ4n) is 1.39. The van der Waals surface area contributed by atoms with Gasteiger partial charge < -0.3 is 4.74 Å². The van der Waals surface area contributed by atoms with E-state index in [1.54, 1.807) is 0 Å². The number of hydrogen-bond acceptors (Lipinski definition) is 3. The first kappa shape index (κ1) is 15.3. The molecule has 0 saturated carbocycles. The maximum Gasteiger partial charge on any atom is 0.417 e. The Kier molecular flexibility index (Phi) is 4.79. The average molecular weight is 283 g/mol. The summed E-state index contributed by atoms with van der Waals surface area (Å²) >= 11 is 0. The molecule has 0 bridgehead atoms. The maximum absolute atomic E-state index is 12.6. The summed E-state index contributed by atoms with van der Waals surface area (Å²) in [5.74, 6) is -0.770. The molecule has 0 N–H and O–H groups in total. The molecule has 0 aliphatic rings. The Morgan fingerprint density at radius 1 is 1.42 bits per heavy atom. The Morgan fingerprint density at radius 3 is 2.53 bits per heavy atom. The number of alkyl halides is 5. The number of carbonyl (C=O) groups excluding carboxylic acids is 1. The highest BCUT2D eigenvalue weighted by atomic mass is 19.4. The van der Waals surface area contributed by atoms with E-state index < -0.39 is 36.1 Å². The molecule has 0 aliphatic carbocycles. The van der Waals surface area contributed by atoms with Crippen molar-refractivity contribution in [1.82, 2.24) is 4.98 Å². The first-order chi connectivity index (χ1) is 8.75. The van der Waals surface area contributed by atoms with Gasteiger partial charge in [0.25, 0.3) is 6.43 Å². The Bertz CT molecular complexity index is 459. The Labute approximate surface area is 105 Å². The van der Waals surface area contributed by atoms with Gasteiger partial charge in [-0.2, -0.15) is 13.2 Å². The van der Waals surface area contributed by atoms with Crippen LogP contribution >= 0.6 is 0 Å². The van der Waals surface area contributed by atoms with Crippen LogP contribution < -0.4 is 0 Å². The van der Waals surface area contributed by atoms with Crippen LogP contribution in [0.5, 0.6) is 0 Å². The molecular weight excluding hydrogens is 273 g/mol. The van der Waals surface area contributed by atoms with E-state index >= 15 is 0 Å². The number of hydrogen-bond donors (Lipinski definition) is 0. The first-order valence-corrected chi connectivity index (χ1v) is 5.25. The van der Waals surface area contributed by atoms with Crippen molar-refractivity contribution >= 4 is 5.97 Å². The van der Waals surface area contributed by atoms with Crippen molar-refractivity contribution in [2.24, 2.45) is 0 Å². The van der Waals surface area contributed by atoms with Crippen LogP contribution in [0.1, 0.15) is 30.2 Å². The van der Waals surface area contributed by atoms with Gasteiger partial charge in [-0.25, -0.2) is 8.78 Å². The quantitative estimate of drug-likeness (QED) is 0.629. The molecule has 19 heavy (non-hydrogen) atoms. The molecule has 1 aromatic heterocycles. The minimum absolute atomic E-state index is 0.0695. The SMILES string of the molecule is CCOC(=O)Cc1cc(C(F)(F)F)c(C(F)F)cn1. The minimum Gasteiger partial charge on any atom is -0.466 e. The minimum atomic E-state index is -4.93. The standard InChI is InChI=1S/C11H10F5NO2/c1-2-19-9(18)4-6-3-8(11(14,15)16)7(5-17-6)10(12)13/h3,5,10H,2,4H2,1H3. The van der Waals surface area contributed by atoms with Crippen LogP contribution in [0.2, 0.25) is 0 Å². The predicted molar refractivity (Wildman–Crippen MR) is 54.5 cm³/mol. The van der Waals surface area contributed by atoms with Crippen molar-refractivity contribution in [3.05, 3.63) is 29.1 Å². The highest BCUT2D eigenvalue weighted by Crippen LogP contribution is 2.36. The van der Waals surface area contributed by atoms with Crippen molar-refractivity contribution in [2.45, 2.75) is 25.9 Å². The average Bonchev–Trinajstić information content (AvgIpc) is 2.27. The monoisotopic (exact) mass is 283 g/mol. The second kappa shape index (κ2) is 5.94. The molecule has 0 saturated heterocycles. The lowest BCUT2D eigenvalue weighted by Crippen LogP contribution is -2.14. The fourth-order valence-corrected chi connectivity index (χ4v) is 1.39. The highest BCUT2D eigenvalue weighted by molar-refractivity contribution is 5.72. The van der Waals surface area contributed by atoms with Crippen molar-refractivity contribution < 1.29 is 31.5 Å². The third-order valence-electron chi connectivity index (χ3n) is 2.16.